The van der Waals surface area contributed by atoms with Crippen molar-refractivity contribution in [3.05, 3.63) is 42.1 Å². The van der Waals surface area contributed by atoms with Gasteiger partial charge in [0.05, 0.1) is 5.52 Å². The summed E-state index contributed by atoms with van der Waals surface area (Å²) in [4.78, 5) is 4.63. The molecule has 106 valence electrons. The van der Waals surface area contributed by atoms with E-state index in [0.29, 0.717) is 11.3 Å². The lowest BCUT2D eigenvalue weighted by Crippen LogP contribution is -2.31. The van der Waals surface area contributed by atoms with E-state index in [1.165, 1.54) is 36.0 Å². The lowest BCUT2D eigenvalue weighted by atomic mass is 9.99. The molecule has 0 radical (unpaired) electrons. The Hall–Kier alpha value is -1.06. The average Bonchev–Trinajstić information content (AvgIpc) is 2.53. The van der Waals surface area contributed by atoms with E-state index < -0.39 is 0 Å². The highest BCUT2D eigenvalue weighted by Gasteiger charge is 2.25. The summed E-state index contributed by atoms with van der Waals surface area (Å²) in [5.41, 5.74) is 2.42. The SMILES string of the molecule is CCNC(c1cnc2ccccc2c1)C1CCCCS1. The average molecular weight is 286 g/mol. The van der Waals surface area contributed by atoms with Crippen LogP contribution in [0.2, 0.25) is 0 Å². The summed E-state index contributed by atoms with van der Waals surface area (Å²) in [5.74, 6) is 1.30. The van der Waals surface area contributed by atoms with E-state index in [2.05, 4.69) is 59.4 Å². The second-order valence-electron chi connectivity index (χ2n) is 5.40. The van der Waals surface area contributed by atoms with E-state index in [1.807, 2.05) is 6.07 Å². The summed E-state index contributed by atoms with van der Waals surface area (Å²) in [7, 11) is 0. The van der Waals surface area contributed by atoms with Crippen LogP contribution in [0.1, 0.15) is 37.8 Å². The maximum Gasteiger partial charge on any atom is 0.0702 e. The first-order valence-corrected chi connectivity index (χ1v) is 8.63. The van der Waals surface area contributed by atoms with Crippen molar-refractivity contribution in [2.24, 2.45) is 0 Å². The minimum Gasteiger partial charge on any atom is -0.309 e. The van der Waals surface area contributed by atoms with Crippen LogP contribution in [0.15, 0.2) is 36.5 Å². The van der Waals surface area contributed by atoms with Gasteiger partial charge in [0.2, 0.25) is 0 Å². The van der Waals surface area contributed by atoms with Crippen LogP contribution in [-0.4, -0.2) is 22.5 Å². The van der Waals surface area contributed by atoms with Gasteiger partial charge in [0.1, 0.15) is 0 Å². The monoisotopic (exact) mass is 286 g/mol. The highest BCUT2D eigenvalue weighted by molar-refractivity contribution is 8.00. The summed E-state index contributed by atoms with van der Waals surface area (Å²) >= 11 is 2.12. The molecule has 1 aromatic carbocycles. The molecule has 0 amide bonds. The fraction of sp³-hybridized carbons (Fsp3) is 0.471. The molecule has 2 unspecified atom stereocenters. The van der Waals surface area contributed by atoms with Crippen molar-refractivity contribution in [1.82, 2.24) is 10.3 Å². The van der Waals surface area contributed by atoms with Gasteiger partial charge in [-0.15, -0.1) is 0 Å². The number of thioether (sulfide) groups is 1. The Morgan fingerprint density at radius 3 is 3.05 bits per heavy atom. The zero-order chi connectivity index (χ0) is 13.8. The third-order valence-electron chi connectivity index (χ3n) is 3.98. The van der Waals surface area contributed by atoms with Gasteiger partial charge in [-0.25, -0.2) is 0 Å². The molecule has 20 heavy (non-hydrogen) atoms. The Labute approximate surface area is 125 Å². The van der Waals surface area contributed by atoms with E-state index in [4.69, 9.17) is 0 Å². The zero-order valence-electron chi connectivity index (χ0n) is 12.0. The molecular weight excluding hydrogens is 264 g/mol. The van der Waals surface area contributed by atoms with Crippen molar-refractivity contribution in [2.45, 2.75) is 37.5 Å². The quantitative estimate of drug-likeness (QED) is 0.913. The maximum absolute atomic E-state index is 4.63. The van der Waals surface area contributed by atoms with Crippen LogP contribution in [-0.2, 0) is 0 Å². The topological polar surface area (TPSA) is 24.9 Å². The largest absolute Gasteiger partial charge is 0.309 e. The lowest BCUT2D eigenvalue weighted by molar-refractivity contribution is 0.491. The first-order chi connectivity index (χ1) is 9.88. The van der Waals surface area contributed by atoms with Crippen LogP contribution in [0.4, 0.5) is 0 Å². The molecule has 2 heterocycles. The molecule has 2 nitrogen and oxygen atoms in total. The van der Waals surface area contributed by atoms with Crippen LogP contribution in [0.25, 0.3) is 10.9 Å². The maximum atomic E-state index is 4.63. The van der Waals surface area contributed by atoms with Crippen molar-refractivity contribution >= 4 is 22.7 Å². The number of benzene rings is 1. The minimum atomic E-state index is 0.433. The Morgan fingerprint density at radius 1 is 1.35 bits per heavy atom. The molecular formula is C17H22N2S. The first-order valence-electron chi connectivity index (χ1n) is 7.58. The van der Waals surface area contributed by atoms with Crippen LogP contribution in [0.5, 0.6) is 0 Å². The Bertz CT molecular complexity index is 564. The fourth-order valence-electron chi connectivity index (χ4n) is 2.97. The smallest absolute Gasteiger partial charge is 0.0702 e. The van der Waals surface area contributed by atoms with Gasteiger partial charge >= 0.3 is 0 Å². The normalized spacial score (nSPS) is 20.9. The predicted octanol–water partition coefficient (Wildman–Crippen LogP) is 4.17. The van der Waals surface area contributed by atoms with Gasteiger partial charge in [-0.05, 0) is 42.8 Å². The summed E-state index contributed by atoms with van der Waals surface area (Å²) in [6.07, 6.45) is 6.11. The second-order valence-corrected chi connectivity index (χ2v) is 6.75. The molecule has 1 fully saturated rings. The predicted molar refractivity (Wildman–Crippen MR) is 88.3 cm³/mol. The number of hydrogen-bond donors (Lipinski definition) is 1. The van der Waals surface area contributed by atoms with Gasteiger partial charge in [0.25, 0.3) is 0 Å². The summed E-state index contributed by atoms with van der Waals surface area (Å²) in [5, 5.41) is 5.60. The van der Waals surface area contributed by atoms with E-state index in [1.54, 1.807) is 0 Å². The standard InChI is InChI=1S/C17H22N2S/c1-2-18-17(16-9-5-6-10-20-16)14-11-13-7-3-4-8-15(13)19-12-14/h3-4,7-8,11-12,16-18H,2,5-6,9-10H2,1H3. The number of nitrogens with zero attached hydrogens (tertiary/aromatic N) is 1. The number of hydrogen-bond acceptors (Lipinski definition) is 3. The molecule has 1 aliphatic rings. The summed E-state index contributed by atoms with van der Waals surface area (Å²) in [6.45, 7) is 3.20. The Morgan fingerprint density at radius 2 is 2.25 bits per heavy atom. The molecule has 1 aromatic heterocycles. The molecule has 0 aliphatic carbocycles. The van der Waals surface area contributed by atoms with Gasteiger partial charge in [0.15, 0.2) is 0 Å². The van der Waals surface area contributed by atoms with Crippen molar-refractivity contribution in [3.63, 3.8) is 0 Å². The number of rotatable bonds is 4. The third-order valence-corrected chi connectivity index (χ3v) is 5.44. The first kappa shape index (κ1) is 13.9. The molecule has 2 aromatic rings. The molecule has 1 saturated heterocycles. The van der Waals surface area contributed by atoms with Gasteiger partial charge in [-0.2, -0.15) is 11.8 Å². The molecule has 3 rings (SSSR count). The van der Waals surface area contributed by atoms with Crippen molar-refractivity contribution < 1.29 is 0 Å². The molecule has 1 aliphatic heterocycles. The molecule has 0 spiro atoms. The van der Waals surface area contributed by atoms with Crippen molar-refractivity contribution in [3.8, 4) is 0 Å². The number of aromatic nitrogens is 1. The highest BCUT2D eigenvalue weighted by Crippen LogP contribution is 2.35. The molecule has 3 heteroatoms. The number of nitrogens with one attached hydrogen (secondary N) is 1. The van der Waals surface area contributed by atoms with Crippen LogP contribution in [0.3, 0.4) is 0 Å². The molecule has 0 saturated carbocycles. The van der Waals surface area contributed by atoms with Crippen LogP contribution >= 0.6 is 11.8 Å². The van der Waals surface area contributed by atoms with Gasteiger partial charge < -0.3 is 5.32 Å². The molecule has 2 atom stereocenters. The van der Waals surface area contributed by atoms with E-state index in [-0.39, 0.29) is 0 Å². The Balaban J connectivity index is 1.91. The highest BCUT2D eigenvalue weighted by atomic mass is 32.2. The lowest BCUT2D eigenvalue weighted by Gasteiger charge is -2.30. The van der Waals surface area contributed by atoms with Gasteiger partial charge in [0, 0.05) is 22.9 Å². The molecule has 1 N–H and O–H groups in total. The second kappa shape index (κ2) is 6.59. The van der Waals surface area contributed by atoms with Crippen LogP contribution in [0, 0.1) is 0 Å². The third kappa shape index (κ3) is 2.99. The fourth-order valence-corrected chi connectivity index (χ4v) is 4.42. The summed E-state index contributed by atoms with van der Waals surface area (Å²) < 4.78 is 0. The number of pyridine rings is 1. The Kier molecular flexibility index (Phi) is 4.58. The van der Waals surface area contributed by atoms with E-state index >= 15 is 0 Å². The van der Waals surface area contributed by atoms with Gasteiger partial charge in [-0.1, -0.05) is 31.5 Å². The number of fused-ring (bicyclic) bond motifs is 1. The summed E-state index contributed by atoms with van der Waals surface area (Å²) in [6, 6.07) is 11.1. The van der Waals surface area contributed by atoms with E-state index in [0.717, 1.165) is 12.1 Å². The van der Waals surface area contributed by atoms with Crippen LogP contribution < -0.4 is 5.32 Å². The minimum absolute atomic E-state index is 0.433. The van der Waals surface area contributed by atoms with Crippen molar-refractivity contribution in [2.75, 3.05) is 12.3 Å². The number of para-hydroxylation sites is 1. The van der Waals surface area contributed by atoms with Gasteiger partial charge in [-0.3, -0.25) is 4.98 Å². The zero-order valence-corrected chi connectivity index (χ0v) is 12.8. The molecule has 0 bridgehead atoms. The van der Waals surface area contributed by atoms with E-state index in [9.17, 15) is 0 Å². The van der Waals surface area contributed by atoms with Crippen molar-refractivity contribution in [1.29, 1.82) is 0 Å².